The van der Waals surface area contributed by atoms with E-state index < -0.39 is 10.0 Å². The van der Waals surface area contributed by atoms with Gasteiger partial charge in [-0.15, -0.1) is 11.8 Å². The maximum Gasteiger partial charge on any atom is 0.238 e. The Morgan fingerprint density at radius 1 is 1.10 bits per heavy atom. The predicted molar refractivity (Wildman–Crippen MR) is 80.5 cm³/mol. The van der Waals surface area contributed by atoms with Crippen LogP contribution < -0.4 is 15.6 Å². The fourth-order valence-electron chi connectivity index (χ4n) is 1.60. The van der Waals surface area contributed by atoms with Crippen molar-refractivity contribution in [1.82, 2.24) is 0 Å². The van der Waals surface area contributed by atoms with Crippen LogP contribution in [0.3, 0.4) is 0 Å². The molecule has 5 nitrogen and oxygen atoms in total. The van der Waals surface area contributed by atoms with Crippen LogP contribution in [0.2, 0.25) is 0 Å². The van der Waals surface area contributed by atoms with Crippen LogP contribution in [0.15, 0.2) is 52.3 Å². The highest BCUT2D eigenvalue weighted by Crippen LogP contribution is 2.34. The molecule has 0 aromatic heterocycles. The lowest BCUT2D eigenvalue weighted by Gasteiger charge is -2.12. The molecule has 0 amide bonds. The van der Waals surface area contributed by atoms with Gasteiger partial charge in [-0.05, 0) is 30.5 Å². The molecule has 0 saturated carbocycles. The first-order valence-electron chi connectivity index (χ1n) is 5.65. The number of hydrogen-bond acceptors (Lipinski definition) is 5. The van der Waals surface area contributed by atoms with Gasteiger partial charge >= 0.3 is 0 Å². The maximum absolute atomic E-state index is 11.3. The molecule has 0 radical (unpaired) electrons. The van der Waals surface area contributed by atoms with Crippen molar-refractivity contribution >= 4 is 27.5 Å². The molecule has 4 N–H and O–H groups in total. The third-order valence-corrected chi connectivity index (χ3v) is 4.29. The van der Waals surface area contributed by atoms with Gasteiger partial charge in [0.2, 0.25) is 10.0 Å². The lowest BCUT2D eigenvalue weighted by molar-refractivity contribution is 0.471. The van der Waals surface area contributed by atoms with E-state index in [4.69, 9.17) is 15.6 Å². The Hall–Kier alpha value is -1.70. The highest BCUT2D eigenvalue weighted by Gasteiger charge is 2.12. The molecule has 0 unspecified atom stereocenters. The largest absolute Gasteiger partial charge is 0.454 e. The van der Waals surface area contributed by atoms with E-state index in [1.807, 2.05) is 24.5 Å². The smallest absolute Gasteiger partial charge is 0.238 e. The highest BCUT2D eigenvalue weighted by atomic mass is 32.2. The average Bonchev–Trinajstić information content (AvgIpc) is 2.40. The van der Waals surface area contributed by atoms with Gasteiger partial charge in [0.25, 0.3) is 0 Å². The van der Waals surface area contributed by atoms with Gasteiger partial charge in [-0.25, -0.2) is 13.6 Å². The Kier molecular flexibility index (Phi) is 4.22. The quantitative estimate of drug-likeness (QED) is 0.668. The standard InChI is InChI=1S/C13H14N2O3S2/c1-19-13-5-3-2-4-11(13)18-12-8-9(20(15,16)17)6-7-10(12)14/h2-8H,14H2,1H3,(H2,15,16,17). The lowest BCUT2D eigenvalue weighted by Crippen LogP contribution is -2.12. The summed E-state index contributed by atoms with van der Waals surface area (Å²) >= 11 is 1.52. The Morgan fingerprint density at radius 3 is 2.45 bits per heavy atom. The summed E-state index contributed by atoms with van der Waals surface area (Å²) < 4.78 is 28.4. The Morgan fingerprint density at radius 2 is 1.80 bits per heavy atom. The number of anilines is 1. The lowest BCUT2D eigenvalue weighted by atomic mass is 10.3. The second-order valence-electron chi connectivity index (χ2n) is 4.00. The zero-order valence-corrected chi connectivity index (χ0v) is 12.4. The SMILES string of the molecule is CSc1ccccc1Oc1cc(S(N)(=O)=O)ccc1N. The van der Waals surface area contributed by atoms with Crippen LogP contribution >= 0.6 is 11.8 Å². The molecule has 0 bridgehead atoms. The van der Waals surface area contributed by atoms with Gasteiger partial charge in [0.1, 0.15) is 5.75 Å². The van der Waals surface area contributed by atoms with E-state index in [9.17, 15) is 8.42 Å². The molecule has 106 valence electrons. The van der Waals surface area contributed by atoms with Crippen LogP contribution in [-0.4, -0.2) is 14.7 Å². The Balaban J connectivity index is 2.43. The van der Waals surface area contributed by atoms with E-state index in [0.29, 0.717) is 11.4 Å². The first-order valence-corrected chi connectivity index (χ1v) is 8.42. The number of hydrogen-bond donors (Lipinski definition) is 2. The molecule has 0 spiro atoms. The maximum atomic E-state index is 11.3. The first kappa shape index (κ1) is 14.7. The van der Waals surface area contributed by atoms with Crippen molar-refractivity contribution in [2.24, 2.45) is 5.14 Å². The van der Waals surface area contributed by atoms with Crippen molar-refractivity contribution < 1.29 is 13.2 Å². The molecule has 2 rings (SSSR count). The number of para-hydroxylation sites is 1. The van der Waals surface area contributed by atoms with Crippen molar-refractivity contribution in [3.05, 3.63) is 42.5 Å². The third-order valence-electron chi connectivity index (χ3n) is 2.60. The average molecular weight is 310 g/mol. The second-order valence-corrected chi connectivity index (χ2v) is 6.41. The molecule has 7 heteroatoms. The molecular formula is C13H14N2O3S2. The highest BCUT2D eigenvalue weighted by molar-refractivity contribution is 7.98. The number of benzene rings is 2. The molecule has 0 heterocycles. The van der Waals surface area contributed by atoms with Crippen LogP contribution in [0.25, 0.3) is 0 Å². The number of nitrogen functional groups attached to an aromatic ring is 1. The van der Waals surface area contributed by atoms with E-state index in [1.54, 1.807) is 6.07 Å². The monoisotopic (exact) mass is 310 g/mol. The number of primary sulfonamides is 1. The topological polar surface area (TPSA) is 95.4 Å². The van der Waals surface area contributed by atoms with Crippen LogP contribution in [-0.2, 0) is 10.0 Å². The van der Waals surface area contributed by atoms with E-state index in [-0.39, 0.29) is 10.6 Å². The van der Waals surface area contributed by atoms with Crippen LogP contribution in [0.5, 0.6) is 11.5 Å². The molecular weight excluding hydrogens is 296 g/mol. The zero-order valence-electron chi connectivity index (χ0n) is 10.7. The third kappa shape index (κ3) is 3.24. The minimum Gasteiger partial charge on any atom is -0.454 e. The molecule has 2 aromatic carbocycles. The summed E-state index contributed by atoms with van der Waals surface area (Å²) in [6.45, 7) is 0. The number of sulfonamides is 1. The summed E-state index contributed by atoms with van der Waals surface area (Å²) in [5.41, 5.74) is 6.15. The fourth-order valence-corrected chi connectivity index (χ4v) is 2.66. The molecule has 0 saturated heterocycles. The summed E-state index contributed by atoms with van der Waals surface area (Å²) in [6, 6.07) is 11.5. The predicted octanol–water partition coefficient (Wildman–Crippen LogP) is 2.43. The van der Waals surface area contributed by atoms with Gasteiger partial charge in [-0.1, -0.05) is 12.1 Å². The molecule has 2 aromatic rings. The van der Waals surface area contributed by atoms with Crippen molar-refractivity contribution in [2.45, 2.75) is 9.79 Å². The van der Waals surface area contributed by atoms with Crippen molar-refractivity contribution in [2.75, 3.05) is 12.0 Å². The van der Waals surface area contributed by atoms with E-state index >= 15 is 0 Å². The van der Waals surface area contributed by atoms with Crippen molar-refractivity contribution in [3.8, 4) is 11.5 Å². The first-order chi connectivity index (χ1) is 9.41. The van der Waals surface area contributed by atoms with Crippen LogP contribution in [0.4, 0.5) is 5.69 Å². The Bertz CT molecular complexity index is 730. The summed E-state index contributed by atoms with van der Waals surface area (Å²) in [4.78, 5) is 0.885. The normalized spacial score (nSPS) is 11.3. The number of ether oxygens (including phenoxy) is 1. The molecule has 0 aliphatic carbocycles. The van der Waals surface area contributed by atoms with Gasteiger partial charge < -0.3 is 10.5 Å². The minimum absolute atomic E-state index is 0.0386. The summed E-state index contributed by atoms with van der Waals surface area (Å²) in [7, 11) is -3.79. The number of thioether (sulfide) groups is 1. The zero-order chi connectivity index (χ0) is 14.8. The molecule has 0 fully saturated rings. The molecule has 0 aliphatic heterocycles. The Labute approximate surface area is 122 Å². The minimum atomic E-state index is -3.79. The summed E-state index contributed by atoms with van der Waals surface area (Å²) in [5, 5.41) is 5.10. The molecule has 20 heavy (non-hydrogen) atoms. The number of rotatable bonds is 4. The van der Waals surface area contributed by atoms with E-state index in [1.165, 1.54) is 30.0 Å². The van der Waals surface area contributed by atoms with Crippen molar-refractivity contribution in [3.63, 3.8) is 0 Å². The van der Waals surface area contributed by atoms with E-state index in [2.05, 4.69) is 0 Å². The van der Waals surface area contributed by atoms with Crippen LogP contribution in [0, 0.1) is 0 Å². The van der Waals surface area contributed by atoms with Gasteiger partial charge in [0, 0.05) is 11.0 Å². The number of nitrogens with two attached hydrogens (primary N) is 2. The van der Waals surface area contributed by atoms with Gasteiger partial charge in [-0.3, -0.25) is 0 Å². The molecule has 0 aliphatic rings. The van der Waals surface area contributed by atoms with Crippen LogP contribution in [0.1, 0.15) is 0 Å². The van der Waals surface area contributed by atoms with Gasteiger partial charge in [0.15, 0.2) is 5.75 Å². The second kappa shape index (κ2) is 5.74. The summed E-state index contributed by atoms with van der Waals surface area (Å²) in [5.74, 6) is 0.872. The van der Waals surface area contributed by atoms with E-state index in [0.717, 1.165) is 4.90 Å². The van der Waals surface area contributed by atoms with Crippen molar-refractivity contribution in [1.29, 1.82) is 0 Å². The van der Waals surface area contributed by atoms with Gasteiger partial charge in [0.05, 0.1) is 10.6 Å². The summed E-state index contributed by atoms with van der Waals surface area (Å²) in [6.07, 6.45) is 1.92. The van der Waals surface area contributed by atoms with Gasteiger partial charge in [-0.2, -0.15) is 0 Å². The molecule has 0 atom stereocenters. The fraction of sp³-hybridized carbons (Fsp3) is 0.0769.